The summed E-state index contributed by atoms with van der Waals surface area (Å²) in [4.78, 5) is 22.6. The van der Waals surface area contributed by atoms with Gasteiger partial charge in [0, 0.05) is 12.2 Å². The molecule has 0 saturated heterocycles. The van der Waals surface area contributed by atoms with Crippen molar-refractivity contribution >= 4 is 11.9 Å². The number of hydrogen-bond donors (Lipinski definition) is 1. The van der Waals surface area contributed by atoms with E-state index in [4.69, 9.17) is 5.11 Å². The number of carboxylic acids is 1. The molecule has 0 radical (unpaired) electrons. The number of carbonyl (C=O) groups excluding carboxylic acids is 1. The SMILES string of the molecule is COC(=O)c1cccc(Cn2c(C)ccc2C(=O)O)c1. The lowest BCUT2D eigenvalue weighted by Crippen LogP contribution is -2.11. The Bertz CT molecular complexity index is 658. The molecule has 0 saturated carbocycles. The Morgan fingerprint density at radius 3 is 2.65 bits per heavy atom. The van der Waals surface area contributed by atoms with E-state index >= 15 is 0 Å². The van der Waals surface area contributed by atoms with Gasteiger partial charge in [-0.1, -0.05) is 12.1 Å². The minimum Gasteiger partial charge on any atom is -0.477 e. The van der Waals surface area contributed by atoms with Crippen LogP contribution in [-0.4, -0.2) is 28.7 Å². The molecular formula is C15H15NO4. The lowest BCUT2D eigenvalue weighted by Gasteiger charge is -2.10. The van der Waals surface area contributed by atoms with Gasteiger partial charge in [-0.2, -0.15) is 0 Å². The maximum absolute atomic E-state index is 11.5. The molecule has 0 fully saturated rings. The van der Waals surface area contributed by atoms with Gasteiger partial charge < -0.3 is 14.4 Å². The highest BCUT2D eigenvalue weighted by Gasteiger charge is 2.13. The fourth-order valence-corrected chi connectivity index (χ4v) is 2.06. The summed E-state index contributed by atoms with van der Waals surface area (Å²) in [6.45, 7) is 2.24. The van der Waals surface area contributed by atoms with Crippen LogP contribution in [0.5, 0.6) is 0 Å². The Kier molecular flexibility index (Phi) is 3.89. The van der Waals surface area contributed by atoms with Gasteiger partial charge in [-0.25, -0.2) is 9.59 Å². The summed E-state index contributed by atoms with van der Waals surface area (Å²) in [6.07, 6.45) is 0. The van der Waals surface area contributed by atoms with Crippen LogP contribution in [0.4, 0.5) is 0 Å². The predicted molar refractivity (Wildman–Crippen MR) is 73.0 cm³/mol. The molecule has 0 bridgehead atoms. The first kappa shape index (κ1) is 13.9. The van der Waals surface area contributed by atoms with Crippen LogP contribution in [0.1, 0.15) is 32.1 Å². The van der Waals surface area contributed by atoms with Gasteiger partial charge in [0.15, 0.2) is 0 Å². The number of hydrogen-bond acceptors (Lipinski definition) is 3. The molecule has 0 atom stereocenters. The lowest BCUT2D eigenvalue weighted by molar-refractivity contribution is 0.0599. The maximum Gasteiger partial charge on any atom is 0.352 e. The number of carbonyl (C=O) groups is 2. The minimum atomic E-state index is -0.970. The Morgan fingerprint density at radius 1 is 1.25 bits per heavy atom. The standard InChI is InChI=1S/C15H15NO4/c1-10-6-7-13(14(17)18)16(10)9-11-4-3-5-12(8-11)15(19)20-2/h3-8H,9H2,1-2H3,(H,17,18). The number of aryl methyl sites for hydroxylation is 1. The van der Waals surface area contributed by atoms with Gasteiger partial charge >= 0.3 is 11.9 Å². The van der Waals surface area contributed by atoms with Crippen LogP contribution in [0.3, 0.4) is 0 Å². The molecule has 0 aliphatic carbocycles. The third-order valence-corrected chi connectivity index (χ3v) is 3.11. The molecule has 2 rings (SSSR count). The monoisotopic (exact) mass is 273 g/mol. The van der Waals surface area contributed by atoms with Gasteiger partial charge in [0.1, 0.15) is 5.69 Å². The molecular weight excluding hydrogens is 258 g/mol. The van der Waals surface area contributed by atoms with Crippen LogP contribution in [0.15, 0.2) is 36.4 Å². The number of rotatable bonds is 4. The molecule has 5 heteroatoms. The smallest absolute Gasteiger partial charge is 0.352 e. The summed E-state index contributed by atoms with van der Waals surface area (Å²) in [5, 5.41) is 9.14. The predicted octanol–water partition coefficient (Wildman–Crippen LogP) is 2.33. The molecule has 1 N–H and O–H groups in total. The average molecular weight is 273 g/mol. The molecule has 5 nitrogen and oxygen atoms in total. The zero-order valence-corrected chi connectivity index (χ0v) is 11.3. The fourth-order valence-electron chi connectivity index (χ4n) is 2.06. The first-order valence-corrected chi connectivity index (χ1v) is 6.09. The first-order chi connectivity index (χ1) is 9.52. The van der Waals surface area contributed by atoms with Gasteiger partial charge in [0.05, 0.1) is 12.7 Å². The fraction of sp³-hybridized carbons (Fsp3) is 0.200. The van der Waals surface area contributed by atoms with Crippen molar-refractivity contribution in [2.45, 2.75) is 13.5 Å². The third-order valence-electron chi connectivity index (χ3n) is 3.11. The molecule has 1 aromatic heterocycles. The van der Waals surface area contributed by atoms with Gasteiger partial charge in [-0.15, -0.1) is 0 Å². The highest BCUT2D eigenvalue weighted by atomic mass is 16.5. The number of aromatic carboxylic acids is 1. The highest BCUT2D eigenvalue weighted by Crippen LogP contribution is 2.14. The number of aromatic nitrogens is 1. The largest absolute Gasteiger partial charge is 0.477 e. The van der Waals surface area contributed by atoms with Gasteiger partial charge in [-0.05, 0) is 36.8 Å². The van der Waals surface area contributed by atoms with Crippen LogP contribution in [0.2, 0.25) is 0 Å². The van der Waals surface area contributed by atoms with Crippen molar-refractivity contribution in [1.82, 2.24) is 4.57 Å². The third kappa shape index (κ3) is 2.71. The van der Waals surface area contributed by atoms with Crippen molar-refractivity contribution in [2.75, 3.05) is 7.11 Å². The van der Waals surface area contributed by atoms with E-state index in [0.29, 0.717) is 12.1 Å². The second-order valence-electron chi connectivity index (χ2n) is 4.44. The quantitative estimate of drug-likeness (QED) is 0.868. The minimum absolute atomic E-state index is 0.228. The second kappa shape index (κ2) is 5.61. The Labute approximate surface area is 116 Å². The van der Waals surface area contributed by atoms with E-state index in [-0.39, 0.29) is 5.69 Å². The number of nitrogens with zero attached hydrogens (tertiary/aromatic N) is 1. The Balaban J connectivity index is 2.33. The van der Waals surface area contributed by atoms with E-state index in [1.54, 1.807) is 34.9 Å². The van der Waals surface area contributed by atoms with Crippen molar-refractivity contribution in [3.63, 3.8) is 0 Å². The van der Waals surface area contributed by atoms with Crippen molar-refractivity contribution in [2.24, 2.45) is 0 Å². The summed E-state index contributed by atoms with van der Waals surface area (Å²) < 4.78 is 6.37. The van der Waals surface area contributed by atoms with Gasteiger partial charge in [0.25, 0.3) is 0 Å². The number of esters is 1. The van der Waals surface area contributed by atoms with Gasteiger partial charge in [0.2, 0.25) is 0 Å². The van der Waals surface area contributed by atoms with Crippen molar-refractivity contribution in [3.05, 3.63) is 58.9 Å². The van der Waals surface area contributed by atoms with E-state index in [9.17, 15) is 9.59 Å². The van der Waals surface area contributed by atoms with E-state index in [1.165, 1.54) is 7.11 Å². The molecule has 0 spiro atoms. The molecule has 1 heterocycles. The summed E-state index contributed by atoms with van der Waals surface area (Å²) >= 11 is 0. The van der Waals surface area contributed by atoms with E-state index in [2.05, 4.69) is 4.74 Å². The van der Waals surface area contributed by atoms with E-state index < -0.39 is 11.9 Å². The molecule has 2 aromatic rings. The molecule has 1 aromatic carbocycles. The Hall–Kier alpha value is -2.56. The summed E-state index contributed by atoms with van der Waals surface area (Å²) in [5.74, 6) is -1.38. The van der Waals surface area contributed by atoms with E-state index in [1.807, 2.05) is 13.0 Å². The summed E-state index contributed by atoms with van der Waals surface area (Å²) in [7, 11) is 1.33. The Morgan fingerprint density at radius 2 is 2.00 bits per heavy atom. The van der Waals surface area contributed by atoms with Crippen LogP contribution in [-0.2, 0) is 11.3 Å². The topological polar surface area (TPSA) is 68.5 Å². The van der Waals surface area contributed by atoms with Crippen LogP contribution >= 0.6 is 0 Å². The molecule has 0 amide bonds. The number of methoxy groups -OCH3 is 1. The summed E-state index contributed by atoms with van der Waals surface area (Å²) in [5.41, 5.74) is 2.37. The lowest BCUT2D eigenvalue weighted by atomic mass is 10.1. The second-order valence-corrected chi connectivity index (χ2v) is 4.44. The molecule has 0 aliphatic rings. The van der Waals surface area contributed by atoms with Crippen molar-refractivity contribution in [1.29, 1.82) is 0 Å². The maximum atomic E-state index is 11.5. The average Bonchev–Trinajstić information content (AvgIpc) is 2.80. The molecule has 20 heavy (non-hydrogen) atoms. The zero-order valence-electron chi connectivity index (χ0n) is 11.3. The van der Waals surface area contributed by atoms with Crippen LogP contribution in [0, 0.1) is 6.92 Å². The number of ether oxygens (including phenoxy) is 1. The molecule has 104 valence electrons. The molecule has 0 unspecified atom stereocenters. The van der Waals surface area contributed by atoms with E-state index in [0.717, 1.165) is 11.3 Å². The summed E-state index contributed by atoms with van der Waals surface area (Å²) in [6, 6.07) is 10.3. The van der Waals surface area contributed by atoms with Crippen molar-refractivity contribution < 1.29 is 19.4 Å². The van der Waals surface area contributed by atoms with Gasteiger partial charge in [-0.3, -0.25) is 0 Å². The van der Waals surface area contributed by atoms with Crippen LogP contribution < -0.4 is 0 Å². The van der Waals surface area contributed by atoms with Crippen molar-refractivity contribution in [3.8, 4) is 0 Å². The zero-order chi connectivity index (χ0) is 14.7. The number of carboxylic acid groups (broad SMARTS) is 1. The highest BCUT2D eigenvalue weighted by molar-refractivity contribution is 5.89. The number of benzene rings is 1. The first-order valence-electron chi connectivity index (χ1n) is 6.09. The van der Waals surface area contributed by atoms with Crippen LogP contribution in [0.25, 0.3) is 0 Å². The normalized spacial score (nSPS) is 10.3. The molecule has 0 aliphatic heterocycles.